The molecule has 0 saturated heterocycles. The smallest absolute Gasteiger partial charge is 1.00 e. The van der Waals surface area contributed by atoms with Crippen LogP contribution in [0, 0.1) is 0 Å². The molecule has 8 heteroatoms. The van der Waals surface area contributed by atoms with Gasteiger partial charge in [-0.05, 0) is 0 Å². The van der Waals surface area contributed by atoms with Gasteiger partial charge in [-0.15, -0.1) is 0 Å². The van der Waals surface area contributed by atoms with E-state index in [4.69, 9.17) is 25.5 Å². The summed E-state index contributed by atoms with van der Waals surface area (Å²) in [6.45, 7) is -0.760. The monoisotopic (exact) mass is 228 g/mol. The molecule has 0 aliphatic carbocycles. The molecule has 0 amide bonds. The number of aliphatic hydroxyl groups is 5. The molecule has 76 valence electrons. The summed E-state index contributed by atoms with van der Waals surface area (Å²) in [5.41, 5.74) is 0. The van der Waals surface area contributed by atoms with Gasteiger partial charge in [-0.3, -0.25) is 0 Å². The second-order valence-electron chi connectivity index (χ2n) is 2.36. The molecule has 0 aliphatic rings. The molecular weight excluding hydrogens is 214 g/mol. The zero-order valence-electron chi connectivity index (χ0n) is 10.2. The van der Waals surface area contributed by atoms with Gasteiger partial charge in [0.2, 0.25) is 0 Å². The SMILES string of the molecule is O=C[C@H](O)[C@@H](O)[C@@H](O)[C@H](O)CO.[H-].[H-].[Na+].[Na+]. The molecule has 14 heavy (non-hydrogen) atoms. The molecule has 5 N–H and O–H groups in total. The summed E-state index contributed by atoms with van der Waals surface area (Å²) in [4.78, 5) is 9.90. The van der Waals surface area contributed by atoms with E-state index in [-0.39, 0.29) is 68.3 Å². The predicted octanol–water partition coefficient (Wildman–Crippen LogP) is -9.15. The molecule has 0 aliphatic heterocycles. The first-order valence-electron chi connectivity index (χ1n) is 3.33. The maximum atomic E-state index is 9.90. The average Bonchev–Trinajstić information content (AvgIpc) is 2.12. The summed E-state index contributed by atoms with van der Waals surface area (Å²) >= 11 is 0. The molecule has 0 fully saturated rings. The van der Waals surface area contributed by atoms with Gasteiger partial charge in [0.1, 0.15) is 24.4 Å². The van der Waals surface area contributed by atoms with Crippen LogP contribution in [0.15, 0.2) is 0 Å². The van der Waals surface area contributed by atoms with Crippen molar-refractivity contribution in [1.82, 2.24) is 0 Å². The van der Waals surface area contributed by atoms with Gasteiger partial charge >= 0.3 is 59.1 Å². The van der Waals surface area contributed by atoms with Gasteiger partial charge in [0.05, 0.1) is 6.61 Å². The number of aliphatic hydroxyl groups excluding tert-OH is 5. The van der Waals surface area contributed by atoms with Gasteiger partial charge in [0.15, 0.2) is 6.29 Å². The summed E-state index contributed by atoms with van der Waals surface area (Å²) in [5.74, 6) is 0. The van der Waals surface area contributed by atoms with Crippen molar-refractivity contribution in [1.29, 1.82) is 0 Å². The van der Waals surface area contributed by atoms with Gasteiger partial charge < -0.3 is 33.2 Å². The average molecular weight is 228 g/mol. The van der Waals surface area contributed by atoms with Gasteiger partial charge in [0, 0.05) is 0 Å². The number of aldehydes is 1. The Hall–Kier alpha value is 1.47. The second kappa shape index (κ2) is 11.0. The first kappa shape index (κ1) is 20.8. The fourth-order valence-corrected chi connectivity index (χ4v) is 0.618. The van der Waals surface area contributed by atoms with Crippen LogP contribution in [0.5, 0.6) is 0 Å². The van der Waals surface area contributed by atoms with E-state index in [1.54, 1.807) is 0 Å². The molecule has 0 radical (unpaired) electrons. The molecule has 0 rings (SSSR count). The van der Waals surface area contributed by atoms with E-state index in [0.29, 0.717) is 0 Å². The number of hydrogen-bond acceptors (Lipinski definition) is 6. The van der Waals surface area contributed by atoms with Crippen LogP contribution >= 0.6 is 0 Å². The summed E-state index contributed by atoms with van der Waals surface area (Å²) in [7, 11) is 0. The molecule has 0 aromatic rings. The standard InChI is InChI=1S/C6H12O6.2Na.2H/c7-1-3(9)5(11)6(12)4(10)2-8;;;;/h1,3-6,8-12H,2H2;;;;/q;2*+1;2*-1/t3-,4+,5+,6-;;;;/m0..../s1. The van der Waals surface area contributed by atoms with Crippen LogP contribution in [-0.4, -0.2) is 62.8 Å². The Morgan fingerprint density at radius 1 is 1.07 bits per heavy atom. The number of hydrogen-bond donors (Lipinski definition) is 5. The number of carbonyl (C=O) groups excluding carboxylic acids is 1. The fourth-order valence-electron chi connectivity index (χ4n) is 0.618. The van der Waals surface area contributed by atoms with Gasteiger partial charge in [0.25, 0.3) is 0 Å². The Labute approximate surface area is 128 Å². The van der Waals surface area contributed by atoms with Crippen molar-refractivity contribution in [2.45, 2.75) is 24.4 Å². The Bertz CT molecular complexity index is 155. The summed E-state index contributed by atoms with van der Waals surface area (Å²) in [6.07, 6.45) is -6.84. The topological polar surface area (TPSA) is 118 Å². The van der Waals surface area contributed by atoms with Crippen molar-refractivity contribution >= 4 is 6.29 Å². The van der Waals surface area contributed by atoms with Crippen molar-refractivity contribution in [3.8, 4) is 0 Å². The first-order chi connectivity index (χ1) is 5.54. The minimum Gasteiger partial charge on any atom is -1.00 e. The molecule has 0 heterocycles. The van der Waals surface area contributed by atoms with Crippen LogP contribution in [0.4, 0.5) is 0 Å². The zero-order chi connectivity index (χ0) is 9.72. The maximum absolute atomic E-state index is 9.90. The van der Waals surface area contributed by atoms with Crippen molar-refractivity contribution < 1.29 is 92.3 Å². The zero-order valence-corrected chi connectivity index (χ0v) is 12.2. The van der Waals surface area contributed by atoms with Crippen LogP contribution in [0.3, 0.4) is 0 Å². The van der Waals surface area contributed by atoms with Gasteiger partial charge in [-0.25, -0.2) is 0 Å². The van der Waals surface area contributed by atoms with Crippen molar-refractivity contribution in [3.05, 3.63) is 0 Å². The largest absolute Gasteiger partial charge is 1.00 e. The molecular formula is C6H14Na2O6. The van der Waals surface area contributed by atoms with E-state index in [0.717, 1.165) is 0 Å². The van der Waals surface area contributed by atoms with Crippen LogP contribution in [0.2, 0.25) is 0 Å². The van der Waals surface area contributed by atoms with Crippen LogP contribution in [0.1, 0.15) is 2.85 Å². The Kier molecular flexibility index (Phi) is 16.3. The van der Waals surface area contributed by atoms with Crippen LogP contribution in [-0.2, 0) is 4.79 Å². The third-order valence-electron chi connectivity index (χ3n) is 1.42. The van der Waals surface area contributed by atoms with E-state index < -0.39 is 31.0 Å². The van der Waals surface area contributed by atoms with E-state index in [2.05, 4.69) is 0 Å². The van der Waals surface area contributed by atoms with Crippen molar-refractivity contribution in [2.24, 2.45) is 0 Å². The minimum atomic E-state index is -1.79. The minimum absolute atomic E-state index is 0. The Morgan fingerprint density at radius 2 is 1.50 bits per heavy atom. The van der Waals surface area contributed by atoms with E-state index >= 15 is 0 Å². The summed E-state index contributed by atoms with van der Waals surface area (Å²) in [6, 6.07) is 0. The van der Waals surface area contributed by atoms with Crippen molar-refractivity contribution in [3.63, 3.8) is 0 Å². The fraction of sp³-hybridized carbons (Fsp3) is 0.833. The third-order valence-corrected chi connectivity index (χ3v) is 1.42. The van der Waals surface area contributed by atoms with E-state index in [1.807, 2.05) is 0 Å². The van der Waals surface area contributed by atoms with E-state index in [1.165, 1.54) is 0 Å². The van der Waals surface area contributed by atoms with Crippen LogP contribution < -0.4 is 59.1 Å². The van der Waals surface area contributed by atoms with Gasteiger partial charge in [-0.2, -0.15) is 0 Å². The number of carbonyl (C=O) groups is 1. The second-order valence-corrected chi connectivity index (χ2v) is 2.36. The summed E-state index contributed by atoms with van der Waals surface area (Å²) in [5, 5.41) is 43.5. The number of rotatable bonds is 5. The molecule has 6 nitrogen and oxygen atoms in total. The third kappa shape index (κ3) is 6.86. The Balaban J connectivity index is -0.000000101. The first-order valence-corrected chi connectivity index (χ1v) is 3.33. The van der Waals surface area contributed by atoms with Gasteiger partial charge in [-0.1, -0.05) is 0 Å². The molecule has 0 spiro atoms. The molecule has 0 aromatic heterocycles. The molecule has 0 bridgehead atoms. The molecule has 0 saturated carbocycles. The molecule has 0 aromatic carbocycles. The Morgan fingerprint density at radius 3 is 1.79 bits per heavy atom. The predicted molar refractivity (Wildman–Crippen MR) is 39.4 cm³/mol. The normalized spacial score (nSPS) is 18.1. The maximum Gasteiger partial charge on any atom is 1.00 e. The van der Waals surface area contributed by atoms with Crippen LogP contribution in [0.25, 0.3) is 0 Å². The molecule has 4 atom stereocenters. The summed E-state index contributed by atoms with van der Waals surface area (Å²) < 4.78 is 0. The molecule has 0 unspecified atom stereocenters. The van der Waals surface area contributed by atoms with Crippen molar-refractivity contribution in [2.75, 3.05) is 6.61 Å². The van der Waals surface area contributed by atoms with E-state index in [9.17, 15) is 4.79 Å². The quantitative estimate of drug-likeness (QED) is 0.235.